The molecule has 0 saturated heterocycles. The smallest absolute Gasteiger partial charge is 0.233 e. The molecule has 22 heavy (non-hydrogen) atoms. The zero-order valence-corrected chi connectivity index (χ0v) is 13.9. The first kappa shape index (κ1) is 16.7. The number of halogens is 1. The summed E-state index contributed by atoms with van der Waals surface area (Å²) < 4.78 is 5.53. The summed E-state index contributed by atoms with van der Waals surface area (Å²) in [6.07, 6.45) is 0. The van der Waals surface area contributed by atoms with Crippen molar-refractivity contribution in [2.75, 3.05) is 13.2 Å². The van der Waals surface area contributed by atoms with Crippen molar-refractivity contribution in [3.05, 3.63) is 59.6 Å². The third-order valence-corrected chi connectivity index (χ3v) is 4.27. The highest BCUT2D eigenvalue weighted by atomic mass is 35.5. The average molecular weight is 336 g/mol. The van der Waals surface area contributed by atoms with Gasteiger partial charge in [0.25, 0.3) is 0 Å². The minimum atomic E-state index is -0.141. The van der Waals surface area contributed by atoms with Crippen molar-refractivity contribution >= 4 is 29.3 Å². The second-order valence-electron chi connectivity index (χ2n) is 4.67. The predicted molar refractivity (Wildman–Crippen MR) is 91.7 cm³/mol. The van der Waals surface area contributed by atoms with E-state index in [9.17, 15) is 4.79 Å². The van der Waals surface area contributed by atoms with Gasteiger partial charge in [-0.2, -0.15) is 0 Å². The van der Waals surface area contributed by atoms with Crippen LogP contribution in [0.4, 0.5) is 0 Å². The molecule has 1 amide bonds. The van der Waals surface area contributed by atoms with Crippen molar-refractivity contribution in [2.45, 2.75) is 17.1 Å². The average Bonchev–Trinajstić information content (AvgIpc) is 2.54. The van der Waals surface area contributed by atoms with Crippen LogP contribution < -0.4 is 10.1 Å². The van der Waals surface area contributed by atoms with E-state index in [1.54, 1.807) is 36.0 Å². The number of benzene rings is 2. The molecular weight excluding hydrogens is 318 g/mol. The van der Waals surface area contributed by atoms with Gasteiger partial charge < -0.3 is 10.1 Å². The van der Waals surface area contributed by atoms with Crippen LogP contribution in [0.3, 0.4) is 0 Å². The molecular formula is C17H18ClNO2S. The predicted octanol–water partition coefficient (Wildman–Crippen LogP) is 4.02. The maximum atomic E-state index is 12.0. The van der Waals surface area contributed by atoms with Crippen molar-refractivity contribution in [3.8, 4) is 5.75 Å². The second kappa shape index (κ2) is 8.71. The van der Waals surface area contributed by atoms with Crippen LogP contribution in [0, 0.1) is 0 Å². The Bertz CT molecular complexity index is 589. The summed E-state index contributed by atoms with van der Waals surface area (Å²) in [5.41, 5.74) is 0. The Hall–Kier alpha value is -1.65. The van der Waals surface area contributed by atoms with Crippen LogP contribution in [-0.4, -0.2) is 24.3 Å². The van der Waals surface area contributed by atoms with Crippen LogP contribution >= 0.6 is 23.4 Å². The van der Waals surface area contributed by atoms with Crippen LogP contribution in [0.2, 0.25) is 5.02 Å². The lowest BCUT2D eigenvalue weighted by molar-refractivity contribution is -0.120. The molecule has 0 fully saturated rings. The number of rotatable bonds is 7. The zero-order valence-electron chi connectivity index (χ0n) is 12.3. The quantitative estimate of drug-likeness (QED) is 0.613. The molecule has 0 aromatic heterocycles. The van der Waals surface area contributed by atoms with Gasteiger partial charge in [0.15, 0.2) is 0 Å². The number of hydrogen-bond acceptors (Lipinski definition) is 3. The van der Waals surface area contributed by atoms with Crippen LogP contribution in [0.5, 0.6) is 5.75 Å². The van der Waals surface area contributed by atoms with Gasteiger partial charge in [0.1, 0.15) is 12.4 Å². The normalized spacial score (nSPS) is 11.7. The highest BCUT2D eigenvalue weighted by Crippen LogP contribution is 2.22. The maximum absolute atomic E-state index is 12.0. The highest BCUT2D eigenvalue weighted by Gasteiger charge is 2.13. The fourth-order valence-corrected chi connectivity index (χ4v) is 2.81. The van der Waals surface area contributed by atoms with Crippen LogP contribution in [0.15, 0.2) is 59.5 Å². The Morgan fingerprint density at radius 3 is 2.55 bits per heavy atom. The lowest BCUT2D eigenvalue weighted by Gasteiger charge is -2.12. The lowest BCUT2D eigenvalue weighted by atomic mass is 10.3. The topological polar surface area (TPSA) is 38.3 Å². The molecule has 0 aliphatic carbocycles. The number of thioether (sulfide) groups is 1. The van der Waals surface area contributed by atoms with E-state index in [1.807, 2.05) is 37.3 Å². The van der Waals surface area contributed by atoms with Gasteiger partial charge in [-0.3, -0.25) is 4.79 Å². The third-order valence-electron chi connectivity index (χ3n) is 2.91. The summed E-state index contributed by atoms with van der Waals surface area (Å²) in [5.74, 6) is 0.749. The van der Waals surface area contributed by atoms with Crippen LogP contribution in [-0.2, 0) is 4.79 Å². The second-order valence-corrected chi connectivity index (χ2v) is 6.52. The van der Waals surface area contributed by atoms with E-state index in [1.165, 1.54) is 0 Å². The Morgan fingerprint density at radius 2 is 1.86 bits per heavy atom. The molecule has 0 saturated carbocycles. The van der Waals surface area contributed by atoms with Gasteiger partial charge in [0.2, 0.25) is 5.91 Å². The Labute approximate surface area is 140 Å². The molecule has 0 spiro atoms. The minimum absolute atomic E-state index is 0.00793. The molecule has 3 nitrogen and oxygen atoms in total. The molecule has 1 unspecified atom stereocenters. The molecule has 2 aromatic carbocycles. The minimum Gasteiger partial charge on any atom is -0.492 e. The van der Waals surface area contributed by atoms with E-state index >= 15 is 0 Å². The van der Waals surface area contributed by atoms with Gasteiger partial charge in [0.05, 0.1) is 11.8 Å². The summed E-state index contributed by atoms with van der Waals surface area (Å²) in [5, 5.41) is 3.41. The fraction of sp³-hybridized carbons (Fsp3) is 0.235. The van der Waals surface area contributed by atoms with Gasteiger partial charge in [-0.05, 0) is 43.3 Å². The largest absolute Gasteiger partial charge is 0.492 e. The van der Waals surface area contributed by atoms with Crippen LogP contribution in [0.1, 0.15) is 6.92 Å². The van der Waals surface area contributed by atoms with E-state index in [0.717, 1.165) is 10.6 Å². The highest BCUT2D eigenvalue weighted by molar-refractivity contribution is 8.00. The summed E-state index contributed by atoms with van der Waals surface area (Å²) >= 11 is 7.34. The lowest BCUT2D eigenvalue weighted by Crippen LogP contribution is -2.33. The molecule has 0 heterocycles. The molecule has 0 bridgehead atoms. The first-order valence-electron chi connectivity index (χ1n) is 7.03. The molecule has 1 atom stereocenters. The maximum Gasteiger partial charge on any atom is 0.233 e. The molecule has 5 heteroatoms. The fourth-order valence-electron chi connectivity index (χ4n) is 1.77. The van der Waals surface area contributed by atoms with E-state index in [4.69, 9.17) is 16.3 Å². The van der Waals surface area contributed by atoms with E-state index in [0.29, 0.717) is 18.2 Å². The van der Waals surface area contributed by atoms with Crippen molar-refractivity contribution in [2.24, 2.45) is 0 Å². The van der Waals surface area contributed by atoms with Gasteiger partial charge in [-0.25, -0.2) is 0 Å². The van der Waals surface area contributed by atoms with Crippen molar-refractivity contribution in [1.29, 1.82) is 0 Å². The molecule has 0 radical (unpaired) electrons. The van der Waals surface area contributed by atoms with E-state index in [-0.39, 0.29) is 11.2 Å². The standard InChI is InChI=1S/C17H18ClNO2S/c1-13(22-16-5-3-2-4-6-16)17(20)19-11-12-21-15-9-7-14(18)8-10-15/h2-10,13H,11-12H2,1H3,(H,19,20). The summed E-state index contributed by atoms with van der Waals surface area (Å²) in [6.45, 7) is 2.80. The number of hydrogen-bond donors (Lipinski definition) is 1. The first-order chi connectivity index (χ1) is 10.6. The summed E-state index contributed by atoms with van der Waals surface area (Å²) in [7, 11) is 0. The molecule has 116 valence electrons. The Balaban J connectivity index is 1.67. The summed E-state index contributed by atoms with van der Waals surface area (Å²) in [4.78, 5) is 13.1. The number of amides is 1. The van der Waals surface area contributed by atoms with Crippen molar-refractivity contribution < 1.29 is 9.53 Å². The van der Waals surface area contributed by atoms with Crippen LogP contribution in [0.25, 0.3) is 0 Å². The molecule has 0 aliphatic rings. The van der Waals surface area contributed by atoms with E-state index in [2.05, 4.69) is 5.32 Å². The van der Waals surface area contributed by atoms with Gasteiger partial charge in [-0.15, -0.1) is 11.8 Å². The molecule has 2 rings (SSSR count). The Morgan fingerprint density at radius 1 is 1.18 bits per heavy atom. The van der Waals surface area contributed by atoms with Crippen molar-refractivity contribution in [3.63, 3.8) is 0 Å². The number of carbonyl (C=O) groups is 1. The number of carbonyl (C=O) groups excluding carboxylic acids is 1. The summed E-state index contributed by atoms with van der Waals surface area (Å²) in [6, 6.07) is 17.0. The molecule has 0 aliphatic heterocycles. The zero-order chi connectivity index (χ0) is 15.8. The van der Waals surface area contributed by atoms with E-state index < -0.39 is 0 Å². The molecule has 1 N–H and O–H groups in total. The SMILES string of the molecule is CC(Sc1ccccc1)C(=O)NCCOc1ccc(Cl)cc1. The number of ether oxygens (including phenoxy) is 1. The van der Waals surface area contributed by atoms with Gasteiger partial charge >= 0.3 is 0 Å². The monoisotopic (exact) mass is 335 g/mol. The Kier molecular flexibility index (Phi) is 6.62. The van der Waals surface area contributed by atoms with Gasteiger partial charge in [-0.1, -0.05) is 29.8 Å². The first-order valence-corrected chi connectivity index (χ1v) is 8.28. The van der Waals surface area contributed by atoms with Gasteiger partial charge in [0, 0.05) is 9.92 Å². The number of nitrogens with one attached hydrogen (secondary N) is 1. The third kappa shape index (κ3) is 5.62. The molecule has 2 aromatic rings. The van der Waals surface area contributed by atoms with Crippen molar-refractivity contribution in [1.82, 2.24) is 5.32 Å².